The third-order valence-corrected chi connectivity index (χ3v) is 11.7. The van der Waals surface area contributed by atoms with Gasteiger partial charge < -0.3 is 13.9 Å². The number of rotatable bonds is 10. The maximum absolute atomic E-state index is 9.15. The average molecular weight is 916 g/mol. The van der Waals surface area contributed by atoms with Crippen LogP contribution in [0.2, 0.25) is 0 Å². The van der Waals surface area contributed by atoms with Crippen molar-refractivity contribution in [3.05, 3.63) is 188 Å². The molecule has 0 spiro atoms. The molecule has 362 valence electrons. The molecule has 66 heavy (non-hydrogen) atoms. The summed E-state index contributed by atoms with van der Waals surface area (Å²) in [4.78, 5) is 5.65. The van der Waals surface area contributed by atoms with Crippen LogP contribution in [-0.4, -0.2) is 11.3 Å². The standard InChI is InChI=1S/C11H16O.C11H16.C10H14.C8H12O.C7H11N.C7H10O.C7H10S/c1-8(2)10-6-4-5-9(3)11(10)7-12;1-8(2)11-6-5-9(3)7-10(11)4;1-9(2)8-10-6-4-3-5-7-10;1-7(2)6-8-4-3-5-9-8;1-6(2)7-4-3-5-8-7;1-6(2)7-3-4-8-5-7;1-6(2)7-4-3-5-8-7/h4-6,8,12H,7H2,1-3H3;5-8H,1-4H3;3-7,9H,8H2,1-2H3;3-5,7H,6H2,1-2H3;4-6H,3H2,1-2H3;2*3-6H,1-2H3. The molecule has 0 bridgehead atoms. The van der Waals surface area contributed by atoms with Crippen molar-refractivity contribution in [2.24, 2.45) is 22.7 Å². The minimum absolute atomic E-state index is 0.153. The van der Waals surface area contributed by atoms with E-state index in [4.69, 9.17) is 13.9 Å². The van der Waals surface area contributed by atoms with Crippen LogP contribution in [0.1, 0.15) is 182 Å². The predicted molar refractivity (Wildman–Crippen MR) is 291 cm³/mol. The molecule has 0 unspecified atom stereocenters. The molecule has 3 aromatic heterocycles. The zero-order chi connectivity index (χ0) is 49.6. The molecule has 6 aromatic rings. The van der Waals surface area contributed by atoms with Gasteiger partial charge in [-0.3, -0.25) is 4.99 Å². The summed E-state index contributed by atoms with van der Waals surface area (Å²) in [6, 6.07) is 33.6. The van der Waals surface area contributed by atoms with Crippen molar-refractivity contribution in [1.82, 2.24) is 0 Å². The summed E-state index contributed by atoms with van der Waals surface area (Å²) >= 11 is 1.83. The van der Waals surface area contributed by atoms with E-state index >= 15 is 0 Å². The van der Waals surface area contributed by atoms with Crippen molar-refractivity contribution in [3.8, 4) is 0 Å². The van der Waals surface area contributed by atoms with E-state index in [2.05, 4.69) is 194 Å². The van der Waals surface area contributed by atoms with Crippen molar-refractivity contribution in [2.75, 3.05) is 0 Å². The Morgan fingerprint density at radius 3 is 1.64 bits per heavy atom. The Morgan fingerprint density at radius 1 is 0.591 bits per heavy atom. The lowest BCUT2D eigenvalue weighted by Crippen LogP contribution is -1.98. The SMILES string of the molecule is CC(C)C1=CCC=N1.CC(C)Cc1ccccc1.CC(C)Cc1ccco1.CC(C)c1cccs1.CC(C)c1ccoc1.Cc1ccc(C(C)C)c(C)c1.Cc1cccc(C(C)C)c1CO. The van der Waals surface area contributed by atoms with Crippen molar-refractivity contribution < 1.29 is 13.9 Å². The lowest BCUT2D eigenvalue weighted by atomic mass is 9.94. The molecule has 1 N–H and O–H groups in total. The van der Waals surface area contributed by atoms with Crippen molar-refractivity contribution >= 4 is 17.6 Å². The average Bonchev–Trinajstić information content (AvgIpc) is 4.11. The molecule has 0 aliphatic carbocycles. The van der Waals surface area contributed by atoms with Gasteiger partial charge in [-0.1, -0.05) is 181 Å². The Kier molecular flexibility index (Phi) is 30.3. The van der Waals surface area contributed by atoms with Crippen LogP contribution in [0, 0.1) is 38.5 Å². The van der Waals surface area contributed by atoms with E-state index in [0.29, 0.717) is 35.5 Å². The Labute approximate surface area is 407 Å². The van der Waals surface area contributed by atoms with Crippen molar-refractivity contribution in [2.45, 2.75) is 167 Å². The zero-order valence-electron chi connectivity index (χ0n) is 44.2. The number of furan rings is 2. The first kappa shape index (κ1) is 59.3. The highest BCUT2D eigenvalue weighted by Crippen LogP contribution is 2.23. The molecule has 7 rings (SSSR count). The van der Waals surface area contributed by atoms with Crippen molar-refractivity contribution in [3.63, 3.8) is 0 Å². The first-order valence-corrected chi connectivity index (χ1v) is 25.3. The van der Waals surface area contributed by atoms with Gasteiger partial charge in [0.05, 0.1) is 25.4 Å². The second kappa shape index (κ2) is 33.7. The number of hydrogen-bond acceptors (Lipinski definition) is 5. The highest BCUT2D eigenvalue weighted by atomic mass is 32.1. The fraction of sp³-hybridized carbons (Fsp3) is 0.459. The summed E-state index contributed by atoms with van der Waals surface area (Å²) in [5.41, 5.74) is 11.7. The van der Waals surface area contributed by atoms with Gasteiger partial charge in [-0.05, 0) is 137 Å². The van der Waals surface area contributed by atoms with E-state index < -0.39 is 0 Å². The van der Waals surface area contributed by atoms with E-state index in [1.807, 2.05) is 54.8 Å². The molecule has 5 heteroatoms. The van der Waals surface area contributed by atoms with Gasteiger partial charge in [-0.25, -0.2) is 0 Å². The van der Waals surface area contributed by atoms with Crippen LogP contribution in [-0.2, 0) is 19.4 Å². The molecule has 1 aliphatic rings. The molecular formula is C61H89NO3S. The highest BCUT2D eigenvalue weighted by Gasteiger charge is 2.07. The van der Waals surface area contributed by atoms with E-state index in [1.54, 1.807) is 18.8 Å². The molecule has 4 heterocycles. The first-order valence-electron chi connectivity index (χ1n) is 24.4. The first-order chi connectivity index (χ1) is 31.3. The third kappa shape index (κ3) is 25.8. The van der Waals surface area contributed by atoms with Crippen LogP contribution in [0.4, 0.5) is 0 Å². The summed E-state index contributed by atoms with van der Waals surface area (Å²) in [5.74, 6) is 5.59. The van der Waals surface area contributed by atoms with Gasteiger partial charge in [0.1, 0.15) is 5.76 Å². The third-order valence-electron chi connectivity index (χ3n) is 10.5. The number of benzene rings is 3. The highest BCUT2D eigenvalue weighted by molar-refractivity contribution is 7.10. The minimum atomic E-state index is 0.153. The van der Waals surface area contributed by atoms with Gasteiger partial charge in [0, 0.05) is 29.6 Å². The second-order valence-corrected chi connectivity index (χ2v) is 20.4. The largest absolute Gasteiger partial charge is 0.472 e. The van der Waals surface area contributed by atoms with Crippen LogP contribution in [0.3, 0.4) is 0 Å². The van der Waals surface area contributed by atoms with Gasteiger partial charge in [-0.2, -0.15) is 0 Å². The number of aliphatic imine (C=N–C) groups is 1. The minimum Gasteiger partial charge on any atom is -0.472 e. The smallest absolute Gasteiger partial charge is 0.104 e. The van der Waals surface area contributed by atoms with Crippen LogP contribution in [0.15, 0.2) is 147 Å². The number of aliphatic hydroxyl groups excluding tert-OH is 1. The molecule has 0 fully saturated rings. The second-order valence-electron chi connectivity index (χ2n) is 19.4. The normalized spacial score (nSPS) is 11.4. The molecule has 0 amide bonds. The summed E-state index contributed by atoms with van der Waals surface area (Å²) in [7, 11) is 0. The summed E-state index contributed by atoms with van der Waals surface area (Å²) in [5, 5.41) is 11.3. The lowest BCUT2D eigenvalue weighted by molar-refractivity contribution is 0.279. The monoisotopic (exact) mass is 916 g/mol. The topological polar surface area (TPSA) is 58.9 Å². The lowest BCUT2D eigenvalue weighted by Gasteiger charge is -2.12. The van der Waals surface area contributed by atoms with E-state index in [9.17, 15) is 0 Å². The van der Waals surface area contributed by atoms with E-state index in [0.717, 1.165) is 30.1 Å². The molecule has 0 saturated heterocycles. The zero-order valence-corrected chi connectivity index (χ0v) is 45.0. The number of aryl methyl sites for hydroxylation is 3. The number of thiophene rings is 1. The molecular weight excluding hydrogens is 827 g/mol. The maximum atomic E-state index is 9.15. The van der Waals surface area contributed by atoms with Gasteiger partial charge in [0.2, 0.25) is 0 Å². The Hall–Kier alpha value is -4.71. The molecule has 4 nitrogen and oxygen atoms in total. The molecule has 0 radical (unpaired) electrons. The number of nitrogens with zero attached hydrogens (tertiary/aromatic N) is 1. The summed E-state index contributed by atoms with van der Waals surface area (Å²) in [6.45, 7) is 37.2. The molecule has 0 saturated carbocycles. The summed E-state index contributed by atoms with van der Waals surface area (Å²) < 4.78 is 10.0. The van der Waals surface area contributed by atoms with Crippen LogP contribution in [0.25, 0.3) is 0 Å². The Bertz CT molecular complexity index is 2080. The molecule has 3 aromatic carbocycles. The molecule has 0 atom stereocenters. The molecule has 1 aliphatic heterocycles. The van der Waals surface area contributed by atoms with Crippen LogP contribution in [0.5, 0.6) is 0 Å². The fourth-order valence-electron chi connectivity index (χ4n) is 6.86. The Balaban J connectivity index is 0.000000387. The van der Waals surface area contributed by atoms with Crippen LogP contribution >= 0.6 is 11.3 Å². The number of hydrogen-bond donors (Lipinski definition) is 1. The summed E-state index contributed by atoms with van der Waals surface area (Å²) in [6.07, 6.45) is 12.6. The van der Waals surface area contributed by atoms with Crippen LogP contribution < -0.4 is 0 Å². The number of aliphatic hydroxyl groups is 1. The van der Waals surface area contributed by atoms with Gasteiger partial charge >= 0.3 is 0 Å². The van der Waals surface area contributed by atoms with E-state index in [-0.39, 0.29) is 6.61 Å². The quantitative estimate of drug-likeness (QED) is 0.149. The van der Waals surface area contributed by atoms with E-state index in [1.165, 1.54) is 55.9 Å². The van der Waals surface area contributed by atoms with Crippen molar-refractivity contribution in [1.29, 1.82) is 0 Å². The predicted octanol–water partition coefficient (Wildman–Crippen LogP) is 18.7. The fourth-order valence-corrected chi connectivity index (χ4v) is 7.61. The number of allylic oxidation sites excluding steroid dienone is 2. The van der Waals surface area contributed by atoms with Gasteiger partial charge in [-0.15, -0.1) is 11.3 Å². The Morgan fingerprint density at radius 2 is 1.26 bits per heavy atom. The van der Waals surface area contributed by atoms with Gasteiger partial charge in [0.25, 0.3) is 0 Å². The maximum Gasteiger partial charge on any atom is 0.104 e. The van der Waals surface area contributed by atoms with Gasteiger partial charge in [0.15, 0.2) is 0 Å².